The first-order valence-electron chi connectivity index (χ1n) is 6.37. The van der Waals surface area contributed by atoms with Gasteiger partial charge in [0.1, 0.15) is 0 Å². The van der Waals surface area contributed by atoms with Crippen molar-refractivity contribution < 1.29 is 0 Å². The van der Waals surface area contributed by atoms with E-state index in [0.29, 0.717) is 12.6 Å². The molecule has 1 atom stereocenters. The Morgan fingerprint density at radius 1 is 1.29 bits per heavy atom. The van der Waals surface area contributed by atoms with E-state index in [2.05, 4.69) is 49.8 Å². The second kappa shape index (κ2) is 6.72. The Hall–Kier alpha value is -0.930. The zero-order chi connectivity index (χ0) is 12.8. The summed E-state index contributed by atoms with van der Waals surface area (Å²) in [5.41, 5.74) is 7.75. The number of hydrogen-bond donors (Lipinski definition) is 1. The van der Waals surface area contributed by atoms with Crippen LogP contribution in [0.3, 0.4) is 0 Å². The first-order chi connectivity index (χ1) is 8.02. The molecule has 2 N–H and O–H groups in total. The highest BCUT2D eigenvalue weighted by Crippen LogP contribution is 2.12. The topological polar surface area (TPSA) is 42.1 Å². The molecular weight excluding hydrogens is 210 g/mol. The predicted octanol–water partition coefficient (Wildman–Crippen LogP) is 2.41. The van der Waals surface area contributed by atoms with Gasteiger partial charge in [-0.2, -0.15) is 0 Å². The van der Waals surface area contributed by atoms with E-state index in [-0.39, 0.29) is 0 Å². The van der Waals surface area contributed by atoms with Crippen LogP contribution in [0, 0.1) is 5.92 Å². The van der Waals surface area contributed by atoms with E-state index in [9.17, 15) is 0 Å². The van der Waals surface area contributed by atoms with E-state index >= 15 is 0 Å². The molecule has 0 spiro atoms. The van der Waals surface area contributed by atoms with Crippen LogP contribution in [0.5, 0.6) is 0 Å². The first kappa shape index (κ1) is 14.1. The molecule has 3 heteroatoms. The van der Waals surface area contributed by atoms with Crippen molar-refractivity contribution in [2.24, 2.45) is 11.7 Å². The van der Waals surface area contributed by atoms with Gasteiger partial charge in [-0.1, -0.05) is 19.9 Å². The molecule has 0 aromatic carbocycles. The van der Waals surface area contributed by atoms with Crippen LogP contribution < -0.4 is 5.73 Å². The van der Waals surface area contributed by atoms with Crippen molar-refractivity contribution in [1.29, 1.82) is 0 Å². The highest BCUT2D eigenvalue weighted by molar-refractivity contribution is 5.13. The van der Waals surface area contributed by atoms with Crippen LogP contribution in [-0.4, -0.2) is 23.0 Å². The molecule has 1 unspecified atom stereocenters. The second-order valence-electron chi connectivity index (χ2n) is 5.26. The minimum atomic E-state index is 0.562. The Kier molecular flexibility index (Phi) is 5.59. The molecule has 0 aliphatic rings. The standard InChI is InChI=1S/C14H25N3/c1-11(2)7-12(3)17(4)10-14-6-5-13(8-15)9-16-14/h5-6,9,11-12H,7-8,10,15H2,1-4H3. The van der Waals surface area contributed by atoms with Crippen molar-refractivity contribution in [3.05, 3.63) is 29.6 Å². The van der Waals surface area contributed by atoms with Gasteiger partial charge in [0.05, 0.1) is 5.69 Å². The normalized spacial score (nSPS) is 13.4. The lowest BCUT2D eigenvalue weighted by Gasteiger charge is -2.25. The molecule has 3 nitrogen and oxygen atoms in total. The quantitative estimate of drug-likeness (QED) is 0.823. The monoisotopic (exact) mass is 235 g/mol. The fourth-order valence-electron chi connectivity index (χ4n) is 1.94. The van der Waals surface area contributed by atoms with Crippen LogP contribution in [0.2, 0.25) is 0 Å². The van der Waals surface area contributed by atoms with Crippen molar-refractivity contribution in [3.8, 4) is 0 Å². The Morgan fingerprint density at radius 2 is 2.00 bits per heavy atom. The van der Waals surface area contributed by atoms with Crippen molar-refractivity contribution in [2.45, 2.75) is 46.3 Å². The lowest BCUT2D eigenvalue weighted by Crippen LogP contribution is -2.30. The summed E-state index contributed by atoms with van der Waals surface area (Å²) in [5.74, 6) is 0.736. The van der Waals surface area contributed by atoms with Crippen molar-refractivity contribution in [3.63, 3.8) is 0 Å². The lowest BCUT2D eigenvalue weighted by atomic mass is 10.0. The molecule has 1 aromatic heterocycles. The third kappa shape index (κ3) is 4.84. The molecule has 0 bridgehead atoms. The fourth-order valence-corrected chi connectivity index (χ4v) is 1.94. The molecule has 0 saturated carbocycles. The average molecular weight is 235 g/mol. The SMILES string of the molecule is CC(C)CC(C)N(C)Cc1ccc(CN)cn1. The number of rotatable bonds is 6. The largest absolute Gasteiger partial charge is 0.326 e. The van der Waals surface area contributed by atoms with E-state index in [1.54, 1.807) is 0 Å². The van der Waals surface area contributed by atoms with Gasteiger partial charge < -0.3 is 5.73 Å². The third-order valence-electron chi connectivity index (χ3n) is 3.10. The number of nitrogens with two attached hydrogens (primary N) is 1. The minimum absolute atomic E-state index is 0.562. The molecule has 0 amide bonds. The zero-order valence-corrected chi connectivity index (χ0v) is 11.5. The highest BCUT2D eigenvalue weighted by atomic mass is 15.1. The van der Waals surface area contributed by atoms with Gasteiger partial charge in [-0.25, -0.2) is 0 Å². The van der Waals surface area contributed by atoms with Gasteiger partial charge in [-0.15, -0.1) is 0 Å². The second-order valence-corrected chi connectivity index (χ2v) is 5.26. The van der Waals surface area contributed by atoms with Gasteiger partial charge in [-0.3, -0.25) is 9.88 Å². The van der Waals surface area contributed by atoms with E-state index in [1.165, 1.54) is 6.42 Å². The van der Waals surface area contributed by atoms with Crippen molar-refractivity contribution in [1.82, 2.24) is 9.88 Å². The minimum Gasteiger partial charge on any atom is -0.326 e. The Bertz CT molecular complexity index is 319. The van der Waals surface area contributed by atoms with Gasteiger partial charge in [0.25, 0.3) is 0 Å². The Morgan fingerprint density at radius 3 is 2.47 bits per heavy atom. The Balaban J connectivity index is 2.51. The summed E-state index contributed by atoms with van der Waals surface area (Å²) in [4.78, 5) is 6.78. The molecule has 1 aromatic rings. The van der Waals surface area contributed by atoms with Gasteiger partial charge in [0, 0.05) is 25.3 Å². The van der Waals surface area contributed by atoms with Crippen LogP contribution in [0.1, 0.15) is 38.4 Å². The van der Waals surface area contributed by atoms with Crippen LogP contribution in [0.25, 0.3) is 0 Å². The predicted molar refractivity (Wildman–Crippen MR) is 72.5 cm³/mol. The lowest BCUT2D eigenvalue weighted by molar-refractivity contribution is 0.218. The summed E-state index contributed by atoms with van der Waals surface area (Å²) in [5, 5.41) is 0. The maximum absolute atomic E-state index is 5.55. The number of aromatic nitrogens is 1. The summed E-state index contributed by atoms with van der Waals surface area (Å²) >= 11 is 0. The smallest absolute Gasteiger partial charge is 0.0544 e. The molecule has 1 rings (SSSR count). The molecule has 0 radical (unpaired) electrons. The first-order valence-corrected chi connectivity index (χ1v) is 6.37. The summed E-state index contributed by atoms with van der Waals surface area (Å²) in [6, 6.07) is 4.72. The molecular formula is C14H25N3. The van der Waals surface area contributed by atoms with E-state index < -0.39 is 0 Å². The highest BCUT2D eigenvalue weighted by Gasteiger charge is 2.11. The van der Waals surface area contributed by atoms with Crippen LogP contribution in [0.15, 0.2) is 18.3 Å². The molecule has 0 aliphatic carbocycles. The van der Waals surface area contributed by atoms with E-state index in [4.69, 9.17) is 5.73 Å². The van der Waals surface area contributed by atoms with Gasteiger partial charge >= 0.3 is 0 Å². The van der Waals surface area contributed by atoms with Crippen molar-refractivity contribution in [2.75, 3.05) is 7.05 Å². The van der Waals surface area contributed by atoms with E-state index in [1.807, 2.05) is 6.20 Å². The average Bonchev–Trinajstić information content (AvgIpc) is 2.29. The molecule has 0 fully saturated rings. The molecule has 1 heterocycles. The number of pyridine rings is 1. The van der Waals surface area contributed by atoms with Gasteiger partial charge in [-0.05, 0) is 37.9 Å². The summed E-state index contributed by atoms with van der Waals surface area (Å²) in [6.07, 6.45) is 3.09. The summed E-state index contributed by atoms with van der Waals surface area (Å²) in [6.45, 7) is 8.26. The summed E-state index contributed by atoms with van der Waals surface area (Å²) in [7, 11) is 2.16. The van der Waals surface area contributed by atoms with Crippen LogP contribution >= 0.6 is 0 Å². The fraction of sp³-hybridized carbons (Fsp3) is 0.643. The van der Waals surface area contributed by atoms with E-state index in [0.717, 1.165) is 23.7 Å². The third-order valence-corrected chi connectivity index (χ3v) is 3.10. The maximum atomic E-state index is 5.55. The van der Waals surface area contributed by atoms with Gasteiger partial charge in [0.15, 0.2) is 0 Å². The zero-order valence-electron chi connectivity index (χ0n) is 11.5. The molecule has 96 valence electrons. The number of nitrogens with zero attached hydrogens (tertiary/aromatic N) is 2. The number of hydrogen-bond acceptors (Lipinski definition) is 3. The molecule has 17 heavy (non-hydrogen) atoms. The maximum Gasteiger partial charge on any atom is 0.0544 e. The molecule has 0 aliphatic heterocycles. The van der Waals surface area contributed by atoms with Gasteiger partial charge in [0.2, 0.25) is 0 Å². The van der Waals surface area contributed by atoms with Crippen LogP contribution in [-0.2, 0) is 13.1 Å². The Labute approximate surface area is 105 Å². The van der Waals surface area contributed by atoms with Crippen LogP contribution in [0.4, 0.5) is 0 Å². The van der Waals surface area contributed by atoms with Crippen molar-refractivity contribution >= 4 is 0 Å². The summed E-state index contributed by atoms with van der Waals surface area (Å²) < 4.78 is 0. The molecule has 0 saturated heterocycles.